The molecule has 1 rings (SSSR count). The van der Waals surface area contributed by atoms with E-state index in [2.05, 4.69) is 55.6 Å². The number of hydrogen-bond donors (Lipinski definition) is 6. The summed E-state index contributed by atoms with van der Waals surface area (Å²) in [6, 6.07) is -0.725. The van der Waals surface area contributed by atoms with Crippen molar-refractivity contribution in [1.82, 2.24) is 5.32 Å². The summed E-state index contributed by atoms with van der Waals surface area (Å²) in [5, 5.41) is 54.5. The Morgan fingerprint density at radius 3 is 1.51 bits per heavy atom. The third-order valence-electron chi connectivity index (χ3n) is 11.7. The second-order valence-corrected chi connectivity index (χ2v) is 17.3. The molecule has 0 saturated carbocycles. The van der Waals surface area contributed by atoms with Crippen molar-refractivity contribution in [3.63, 3.8) is 0 Å². The average molecular weight is 836 g/mol. The molecule has 0 aliphatic carbocycles. The van der Waals surface area contributed by atoms with E-state index in [9.17, 15) is 30.3 Å². The van der Waals surface area contributed by atoms with E-state index >= 15 is 0 Å². The van der Waals surface area contributed by atoms with Gasteiger partial charge < -0.3 is 40.3 Å². The number of carbonyl (C=O) groups excluding carboxylic acids is 1. The van der Waals surface area contributed by atoms with Gasteiger partial charge in [-0.15, -0.1) is 0 Å². The molecule has 1 aliphatic heterocycles. The van der Waals surface area contributed by atoms with Crippen LogP contribution in [0.5, 0.6) is 0 Å². The second kappa shape index (κ2) is 40.5. The van der Waals surface area contributed by atoms with Crippen molar-refractivity contribution in [2.75, 3.05) is 13.2 Å². The van der Waals surface area contributed by atoms with E-state index in [0.717, 1.165) is 64.2 Å². The van der Waals surface area contributed by atoms with Crippen LogP contribution in [0.4, 0.5) is 0 Å². The minimum absolute atomic E-state index is 0.143. The van der Waals surface area contributed by atoms with Crippen molar-refractivity contribution in [2.24, 2.45) is 0 Å². The second-order valence-electron chi connectivity index (χ2n) is 17.3. The van der Waals surface area contributed by atoms with Crippen LogP contribution in [0.2, 0.25) is 0 Å². The maximum Gasteiger partial charge on any atom is 0.220 e. The van der Waals surface area contributed by atoms with Gasteiger partial charge in [-0.3, -0.25) is 4.79 Å². The zero-order valence-electron chi connectivity index (χ0n) is 38.0. The van der Waals surface area contributed by atoms with Gasteiger partial charge in [0.25, 0.3) is 0 Å². The van der Waals surface area contributed by atoms with Gasteiger partial charge in [0.2, 0.25) is 5.91 Å². The Hall–Kier alpha value is -1.59. The number of amides is 1. The summed E-state index contributed by atoms with van der Waals surface area (Å²) in [7, 11) is 0. The molecule has 0 aromatic carbocycles. The third kappa shape index (κ3) is 31.0. The van der Waals surface area contributed by atoms with E-state index < -0.39 is 49.5 Å². The predicted molar refractivity (Wildman–Crippen MR) is 244 cm³/mol. The van der Waals surface area contributed by atoms with Crippen molar-refractivity contribution < 1.29 is 39.8 Å². The van der Waals surface area contributed by atoms with Crippen molar-refractivity contribution in [3.8, 4) is 0 Å². The molecule has 1 heterocycles. The molecule has 1 fully saturated rings. The van der Waals surface area contributed by atoms with E-state index in [1.807, 2.05) is 0 Å². The van der Waals surface area contributed by atoms with Gasteiger partial charge in [0.05, 0.1) is 25.4 Å². The molecule has 9 heteroatoms. The lowest BCUT2D eigenvalue weighted by Crippen LogP contribution is -2.60. The van der Waals surface area contributed by atoms with Gasteiger partial charge in [0, 0.05) is 6.42 Å². The van der Waals surface area contributed by atoms with E-state index in [1.54, 1.807) is 0 Å². The molecule has 0 radical (unpaired) electrons. The summed E-state index contributed by atoms with van der Waals surface area (Å²) in [5.41, 5.74) is 0. The van der Waals surface area contributed by atoms with Crippen molar-refractivity contribution in [2.45, 2.75) is 262 Å². The van der Waals surface area contributed by atoms with Gasteiger partial charge in [-0.25, -0.2) is 0 Å². The maximum absolute atomic E-state index is 13.0. The van der Waals surface area contributed by atoms with Crippen LogP contribution in [0.15, 0.2) is 36.5 Å². The van der Waals surface area contributed by atoms with Crippen LogP contribution in [0, 0.1) is 0 Å². The van der Waals surface area contributed by atoms with Gasteiger partial charge in [-0.05, 0) is 51.4 Å². The Balaban J connectivity index is 2.31. The van der Waals surface area contributed by atoms with Crippen LogP contribution in [0.3, 0.4) is 0 Å². The number of nitrogens with one attached hydrogen (secondary N) is 1. The number of aliphatic hydroxyl groups is 5. The molecule has 7 unspecified atom stereocenters. The molecular formula is C50H93NO8. The number of rotatable bonds is 41. The summed E-state index contributed by atoms with van der Waals surface area (Å²) in [6.45, 7) is 3.81. The SMILES string of the molecule is CCCCC/C=C\C/C=C\C/C=C\CCCCCCCCC(=O)NC(COC1OC(CO)C(O)C(O)C1O)C(O)CCCCCCCCCCCCCCCCCCC. The average Bonchev–Trinajstić information content (AvgIpc) is 3.23. The smallest absolute Gasteiger partial charge is 0.220 e. The van der Waals surface area contributed by atoms with Crippen LogP contribution in [-0.4, -0.2) is 87.5 Å². The standard InChI is InChI=1S/C50H93NO8/c1-3-5-7-9-11-13-15-17-19-21-22-24-26-28-30-32-34-36-38-40-46(54)51-43(42-58-50-49(57)48(56)47(55)45(41-52)59-50)44(53)39-37-35-33-31-29-27-25-23-20-18-16-14-12-10-8-6-4-2/h11,13,17,19,22,24,43-45,47-50,52-53,55-57H,3-10,12,14-16,18,20-21,23,25-42H2,1-2H3,(H,51,54)/b13-11-,19-17-,24-22-. The van der Waals surface area contributed by atoms with E-state index in [4.69, 9.17) is 9.47 Å². The summed E-state index contributed by atoms with van der Waals surface area (Å²) >= 11 is 0. The highest BCUT2D eigenvalue weighted by atomic mass is 16.7. The van der Waals surface area contributed by atoms with E-state index in [-0.39, 0.29) is 12.5 Å². The minimum Gasteiger partial charge on any atom is -0.394 e. The molecule has 346 valence electrons. The van der Waals surface area contributed by atoms with Crippen LogP contribution in [0.1, 0.15) is 219 Å². The normalized spacial score (nSPS) is 21.0. The Morgan fingerprint density at radius 2 is 1.00 bits per heavy atom. The molecule has 0 aromatic rings. The maximum atomic E-state index is 13.0. The summed E-state index contributed by atoms with van der Waals surface area (Å²) < 4.78 is 11.3. The lowest BCUT2D eigenvalue weighted by atomic mass is 9.99. The fourth-order valence-electron chi connectivity index (χ4n) is 7.76. The van der Waals surface area contributed by atoms with Gasteiger partial charge >= 0.3 is 0 Å². The molecule has 1 saturated heterocycles. The van der Waals surface area contributed by atoms with Gasteiger partial charge in [0.15, 0.2) is 6.29 Å². The third-order valence-corrected chi connectivity index (χ3v) is 11.7. The zero-order valence-corrected chi connectivity index (χ0v) is 38.0. The van der Waals surface area contributed by atoms with E-state index in [1.165, 1.54) is 128 Å². The first-order chi connectivity index (χ1) is 28.8. The highest BCUT2D eigenvalue weighted by Gasteiger charge is 2.44. The van der Waals surface area contributed by atoms with Crippen molar-refractivity contribution in [3.05, 3.63) is 36.5 Å². The number of hydrogen-bond acceptors (Lipinski definition) is 8. The zero-order chi connectivity index (χ0) is 43.0. The molecule has 1 amide bonds. The minimum atomic E-state index is -1.56. The lowest BCUT2D eigenvalue weighted by molar-refractivity contribution is -0.302. The van der Waals surface area contributed by atoms with Crippen LogP contribution in [-0.2, 0) is 14.3 Å². The lowest BCUT2D eigenvalue weighted by Gasteiger charge is -2.40. The van der Waals surface area contributed by atoms with Gasteiger partial charge in [-0.2, -0.15) is 0 Å². The first-order valence-electron chi connectivity index (χ1n) is 24.7. The fraction of sp³-hybridized carbons (Fsp3) is 0.860. The number of ether oxygens (including phenoxy) is 2. The summed E-state index contributed by atoms with van der Waals surface area (Å²) in [6.07, 6.45) is 42.8. The topological polar surface area (TPSA) is 149 Å². The van der Waals surface area contributed by atoms with Gasteiger partial charge in [0.1, 0.15) is 24.4 Å². The molecular weight excluding hydrogens is 743 g/mol. The first-order valence-corrected chi connectivity index (χ1v) is 24.7. The number of aliphatic hydroxyl groups excluding tert-OH is 5. The fourth-order valence-corrected chi connectivity index (χ4v) is 7.76. The van der Waals surface area contributed by atoms with Crippen molar-refractivity contribution in [1.29, 1.82) is 0 Å². The molecule has 6 N–H and O–H groups in total. The van der Waals surface area contributed by atoms with Crippen molar-refractivity contribution >= 4 is 5.91 Å². The number of unbranched alkanes of at least 4 members (excludes halogenated alkanes) is 25. The molecule has 0 bridgehead atoms. The molecule has 59 heavy (non-hydrogen) atoms. The molecule has 0 spiro atoms. The summed E-state index contributed by atoms with van der Waals surface area (Å²) in [5.74, 6) is -0.156. The Morgan fingerprint density at radius 1 is 0.576 bits per heavy atom. The monoisotopic (exact) mass is 836 g/mol. The molecule has 7 atom stereocenters. The van der Waals surface area contributed by atoms with Crippen LogP contribution >= 0.6 is 0 Å². The molecule has 1 aliphatic rings. The van der Waals surface area contributed by atoms with Crippen LogP contribution in [0.25, 0.3) is 0 Å². The predicted octanol–water partition coefficient (Wildman–Crippen LogP) is 10.8. The van der Waals surface area contributed by atoms with Crippen LogP contribution < -0.4 is 5.32 Å². The highest BCUT2D eigenvalue weighted by Crippen LogP contribution is 2.23. The quantitative estimate of drug-likeness (QED) is 0.0263. The first kappa shape index (κ1) is 55.4. The number of carbonyl (C=O) groups is 1. The molecule has 9 nitrogen and oxygen atoms in total. The summed E-state index contributed by atoms with van der Waals surface area (Å²) in [4.78, 5) is 13.0. The molecule has 0 aromatic heterocycles. The van der Waals surface area contributed by atoms with Gasteiger partial charge in [-0.1, -0.05) is 198 Å². The Labute approximate surface area is 361 Å². The highest BCUT2D eigenvalue weighted by molar-refractivity contribution is 5.76. The Bertz CT molecular complexity index is 1020. The largest absolute Gasteiger partial charge is 0.394 e. The number of allylic oxidation sites excluding steroid dienone is 6. The van der Waals surface area contributed by atoms with E-state index in [0.29, 0.717) is 12.8 Å². The Kier molecular flexibility index (Phi) is 38.0.